The molecule has 1 aromatic rings. The molecule has 2 amide bonds. The van der Waals surface area contributed by atoms with Crippen LogP contribution in [0.2, 0.25) is 0 Å². The highest BCUT2D eigenvalue weighted by Gasteiger charge is 2.21. The van der Waals surface area contributed by atoms with Crippen molar-refractivity contribution in [2.75, 3.05) is 32.6 Å². The summed E-state index contributed by atoms with van der Waals surface area (Å²) in [6, 6.07) is 7.87. The zero-order chi connectivity index (χ0) is 13.7. The van der Waals surface area contributed by atoms with Gasteiger partial charge in [-0.05, 0) is 44.2 Å². The van der Waals surface area contributed by atoms with E-state index in [0.717, 1.165) is 37.4 Å². The molecule has 1 aliphatic rings. The number of rotatable bonds is 3. The summed E-state index contributed by atoms with van der Waals surface area (Å²) in [5.41, 5.74) is 0.793. The van der Waals surface area contributed by atoms with Crippen LogP contribution >= 0.6 is 0 Å². The van der Waals surface area contributed by atoms with Gasteiger partial charge < -0.3 is 20.3 Å². The van der Waals surface area contributed by atoms with Crippen molar-refractivity contribution in [3.05, 3.63) is 24.3 Å². The molecule has 0 atom stereocenters. The molecule has 0 aliphatic carbocycles. The second-order valence-corrected chi connectivity index (χ2v) is 4.71. The molecule has 1 fully saturated rings. The molecular formula is C14H21N3O2. The van der Waals surface area contributed by atoms with Gasteiger partial charge in [0.2, 0.25) is 0 Å². The molecule has 19 heavy (non-hydrogen) atoms. The number of piperidine rings is 1. The molecule has 5 nitrogen and oxygen atoms in total. The van der Waals surface area contributed by atoms with Crippen LogP contribution in [0.1, 0.15) is 12.8 Å². The number of urea groups is 1. The van der Waals surface area contributed by atoms with E-state index in [-0.39, 0.29) is 6.03 Å². The number of nitrogens with zero attached hydrogens (tertiary/aromatic N) is 1. The van der Waals surface area contributed by atoms with Gasteiger partial charge in [0.1, 0.15) is 5.75 Å². The highest BCUT2D eigenvalue weighted by atomic mass is 16.5. The third kappa shape index (κ3) is 3.61. The first-order valence-corrected chi connectivity index (χ1v) is 6.60. The van der Waals surface area contributed by atoms with E-state index >= 15 is 0 Å². The van der Waals surface area contributed by atoms with Crippen LogP contribution in [0.3, 0.4) is 0 Å². The fourth-order valence-electron chi connectivity index (χ4n) is 2.25. The summed E-state index contributed by atoms with van der Waals surface area (Å²) in [6.45, 7) is 1.60. The Morgan fingerprint density at radius 2 is 1.89 bits per heavy atom. The topological polar surface area (TPSA) is 53.6 Å². The van der Waals surface area contributed by atoms with E-state index < -0.39 is 0 Å². The van der Waals surface area contributed by atoms with Crippen molar-refractivity contribution in [1.29, 1.82) is 0 Å². The molecule has 5 heteroatoms. The van der Waals surface area contributed by atoms with Gasteiger partial charge in [0.25, 0.3) is 0 Å². The quantitative estimate of drug-likeness (QED) is 0.876. The first-order chi connectivity index (χ1) is 9.22. The maximum atomic E-state index is 12.1. The summed E-state index contributed by atoms with van der Waals surface area (Å²) in [5.74, 6) is 0.785. The Hall–Kier alpha value is -1.75. The number of carbonyl (C=O) groups excluding carboxylic acids is 1. The lowest BCUT2D eigenvalue weighted by molar-refractivity contribution is 0.190. The number of amides is 2. The monoisotopic (exact) mass is 263 g/mol. The lowest BCUT2D eigenvalue weighted by Crippen LogP contribution is -2.45. The van der Waals surface area contributed by atoms with E-state index in [2.05, 4.69) is 10.6 Å². The molecule has 0 aromatic heterocycles. The summed E-state index contributed by atoms with van der Waals surface area (Å²) in [6.07, 6.45) is 2.01. The zero-order valence-electron chi connectivity index (χ0n) is 11.5. The number of carbonyl (C=O) groups is 1. The maximum absolute atomic E-state index is 12.1. The molecule has 0 bridgehead atoms. The molecule has 2 N–H and O–H groups in total. The molecule has 1 aromatic carbocycles. The Morgan fingerprint density at radius 3 is 2.42 bits per heavy atom. The highest BCUT2D eigenvalue weighted by Crippen LogP contribution is 2.16. The zero-order valence-corrected chi connectivity index (χ0v) is 11.5. The lowest BCUT2D eigenvalue weighted by atomic mass is 10.1. The van der Waals surface area contributed by atoms with Crippen molar-refractivity contribution >= 4 is 11.7 Å². The highest BCUT2D eigenvalue weighted by molar-refractivity contribution is 5.89. The maximum Gasteiger partial charge on any atom is 0.321 e. The van der Waals surface area contributed by atoms with E-state index in [4.69, 9.17) is 4.74 Å². The number of likely N-dealkylation sites (tertiary alicyclic amines) is 1. The number of methoxy groups -OCH3 is 1. The number of nitrogens with one attached hydrogen (secondary N) is 2. The standard InChI is InChI=1S/C14H21N3O2/c1-15-11-7-9-17(10-8-11)14(18)16-12-3-5-13(19-2)6-4-12/h3-6,11,15H,7-10H2,1-2H3,(H,16,18). The molecule has 1 aliphatic heterocycles. The van der Waals surface area contributed by atoms with Crippen LogP contribution in [0.5, 0.6) is 5.75 Å². The molecule has 1 saturated heterocycles. The van der Waals surface area contributed by atoms with Crippen molar-refractivity contribution in [2.45, 2.75) is 18.9 Å². The molecule has 0 saturated carbocycles. The SMILES string of the molecule is CNC1CCN(C(=O)Nc2ccc(OC)cc2)CC1. The van der Waals surface area contributed by atoms with Crippen molar-refractivity contribution in [3.63, 3.8) is 0 Å². The van der Waals surface area contributed by atoms with Crippen LogP contribution in [0, 0.1) is 0 Å². The second-order valence-electron chi connectivity index (χ2n) is 4.71. The average Bonchev–Trinajstić information content (AvgIpc) is 2.48. The Labute approximate surface area is 113 Å². The number of benzene rings is 1. The lowest BCUT2D eigenvalue weighted by Gasteiger charge is -2.31. The Bertz CT molecular complexity index is 411. The van der Waals surface area contributed by atoms with E-state index in [0.29, 0.717) is 6.04 Å². The fraction of sp³-hybridized carbons (Fsp3) is 0.500. The third-order valence-electron chi connectivity index (χ3n) is 3.53. The van der Waals surface area contributed by atoms with E-state index in [1.165, 1.54) is 0 Å². The normalized spacial score (nSPS) is 16.2. The number of hydrogen-bond donors (Lipinski definition) is 2. The number of anilines is 1. The van der Waals surface area contributed by atoms with Gasteiger partial charge in [-0.25, -0.2) is 4.79 Å². The predicted octanol–water partition coefficient (Wildman–Crippen LogP) is 1.91. The van der Waals surface area contributed by atoms with Gasteiger partial charge in [-0.3, -0.25) is 0 Å². The van der Waals surface area contributed by atoms with Crippen LogP contribution in [0.25, 0.3) is 0 Å². The van der Waals surface area contributed by atoms with E-state index in [1.54, 1.807) is 7.11 Å². The van der Waals surface area contributed by atoms with Gasteiger partial charge in [-0.1, -0.05) is 0 Å². The van der Waals surface area contributed by atoms with Gasteiger partial charge in [-0.15, -0.1) is 0 Å². The molecule has 0 radical (unpaired) electrons. The van der Waals surface area contributed by atoms with Crippen molar-refractivity contribution in [3.8, 4) is 5.75 Å². The summed E-state index contributed by atoms with van der Waals surface area (Å²) >= 11 is 0. The van der Waals surface area contributed by atoms with Crippen LogP contribution in [0.4, 0.5) is 10.5 Å². The smallest absolute Gasteiger partial charge is 0.321 e. The largest absolute Gasteiger partial charge is 0.497 e. The van der Waals surface area contributed by atoms with Crippen LogP contribution < -0.4 is 15.4 Å². The first kappa shape index (κ1) is 13.7. The predicted molar refractivity (Wildman–Crippen MR) is 75.7 cm³/mol. The molecule has 2 rings (SSSR count). The van der Waals surface area contributed by atoms with Crippen molar-refractivity contribution in [1.82, 2.24) is 10.2 Å². The number of hydrogen-bond acceptors (Lipinski definition) is 3. The summed E-state index contributed by atoms with van der Waals surface area (Å²) in [4.78, 5) is 13.9. The van der Waals surface area contributed by atoms with Crippen molar-refractivity contribution in [2.24, 2.45) is 0 Å². The van der Waals surface area contributed by atoms with Crippen LogP contribution in [-0.4, -0.2) is 44.2 Å². The molecule has 104 valence electrons. The Balaban J connectivity index is 1.86. The second kappa shape index (κ2) is 6.43. The average molecular weight is 263 g/mol. The molecule has 1 heterocycles. The van der Waals surface area contributed by atoms with E-state index in [9.17, 15) is 4.79 Å². The van der Waals surface area contributed by atoms with E-state index in [1.807, 2.05) is 36.2 Å². The first-order valence-electron chi connectivity index (χ1n) is 6.60. The molecule has 0 unspecified atom stereocenters. The summed E-state index contributed by atoms with van der Waals surface area (Å²) < 4.78 is 5.08. The fourth-order valence-corrected chi connectivity index (χ4v) is 2.25. The Morgan fingerprint density at radius 1 is 1.26 bits per heavy atom. The minimum atomic E-state index is -0.0280. The molecule has 0 spiro atoms. The van der Waals surface area contributed by atoms with Gasteiger partial charge >= 0.3 is 6.03 Å². The van der Waals surface area contributed by atoms with Gasteiger partial charge in [-0.2, -0.15) is 0 Å². The minimum absolute atomic E-state index is 0.0280. The van der Waals surface area contributed by atoms with Gasteiger partial charge in [0.05, 0.1) is 7.11 Å². The minimum Gasteiger partial charge on any atom is -0.497 e. The van der Waals surface area contributed by atoms with Crippen LogP contribution in [0.15, 0.2) is 24.3 Å². The molecular weight excluding hydrogens is 242 g/mol. The van der Waals surface area contributed by atoms with Crippen molar-refractivity contribution < 1.29 is 9.53 Å². The Kier molecular flexibility index (Phi) is 4.63. The third-order valence-corrected chi connectivity index (χ3v) is 3.53. The summed E-state index contributed by atoms with van der Waals surface area (Å²) in [5, 5.41) is 6.16. The van der Waals surface area contributed by atoms with Gasteiger partial charge in [0.15, 0.2) is 0 Å². The summed E-state index contributed by atoms with van der Waals surface area (Å²) in [7, 11) is 3.59. The number of ether oxygens (including phenoxy) is 1. The van der Waals surface area contributed by atoms with Gasteiger partial charge in [0, 0.05) is 24.8 Å². The van der Waals surface area contributed by atoms with Crippen LogP contribution in [-0.2, 0) is 0 Å².